The molecule has 0 unspecified atom stereocenters. The van der Waals surface area contributed by atoms with Crippen LogP contribution in [0.2, 0.25) is 0 Å². The van der Waals surface area contributed by atoms with Gasteiger partial charge in [0.25, 0.3) is 0 Å². The van der Waals surface area contributed by atoms with E-state index in [1.54, 1.807) is 0 Å². The van der Waals surface area contributed by atoms with E-state index in [0.29, 0.717) is 4.47 Å². The van der Waals surface area contributed by atoms with Gasteiger partial charge >= 0.3 is 0 Å². The van der Waals surface area contributed by atoms with Crippen molar-refractivity contribution in [3.05, 3.63) is 27.5 Å². The van der Waals surface area contributed by atoms with Crippen LogP contribution < -0.4 is 5.32 Å². The maximum Gasteiger partial charge on any atom is 0.139 e. The third kappa shape index (κ3) is 1.78. The molecule has 0 fully saturated rings. The molecule has 0 amide bonds. The van der Waals surface area contributed by atoms with Crippen LogP contribution in [0.4, 0.5) is 10.1 Å². The van der Waals surface area contributed by atoms with E-state index in [4.69, 9.17) is 12.2 Å². The van der Waals surface area contributed by atoms with E-state index in [0.717, 1.165) is 28.1 Å². The first kappa shape index (κ1) is 12.0. The minimum atomic E-state index is -0.241. The van der Waals surface area contributed by atoms with Crippen LogP contribution in [0.15, 0.2) is 10.5 Å². The number of hydrogen-bond donors (Lipinski definition) is 1. The summed E-state index contributed by atoms with van der Waals surface area (Å²) in [6, 6.07) is 1.54. The van der Waals surface area contributed by atoms with Crippen LogP contribution in [-0.4, -0.2) is 10.4 Å². The Morgan fingerprint density at radius 3 is 2.75 bits per heavy atom. The second-order valence-corrected chi connectivity index (χ2v) is 5.96. The van der Waals surface area contributed by atoms with Crippen molar-refractivity contribution in [3.8, 4) is 0 Å². The quantitative estimate of drug-likeness (QED) is 0.727. The van der Waals surface area contributed by atoms with Crippen LogP contribution in [0.5, 0.6) is 0 Å². The highest BCUT2D eigenvalue weighted by atomic mass is 79.9. The second kappa shape index (κ2) is 3.77. The van der Waals surface area contributed by atoms with Crippen molar-refractivity contribution in [1.29, 1.82) is 0 Å². The van der Waals surface area contributed by atoms with E-state index >= 15 is 0 Å². The Hall–Kier alpha value is -0.480. The van der Waals surface area contributed by atoms with Crippen molar-refractivity contribution in [3.63, 3.8) is 0 Å². The topological polar surface area (TPSA) is 12.0 Å². The van der Waals surface area contributed by atoms with Crippen molar-refractivity contribution in [2.75, 3.05) is 5.32 Å². The summed E-state index contributed by atoms with van der Waals surface area (Å²) in [5, 5.41) is 3.29. The predicted molar refractivity (Wildman–Crippen MR) is 72.8 cm³/mol. The van der Waals surface area contributed by atoms with Crippen LogP contribution >= 0.6 is 28.1 Å². The summed E-state index contributed by atoms with van der Waals surface area (Å²) >= 11 is 8.64. The minimum Gasteiger partial charge on any atom is -0.375 e. The Balaban J connectivity index is 2.61. The van der Waals surface area contributed by atoms with Gasteiger partial charge in [0.05, 0.1) is 10.0 Å². The van der Waals surface area contributed by atoms with E-state index < -0.39 is 0 Å². The van der Waals surface area contributed by atoms with Gasteiger partial charge < -0.3 is 5.32 Å². The number of rotatable bonds is 0. The van der Waals surface area contributed by atoms with Gasteiger partial charge in [-0.25, -0.2) is 4.39 Å². The largest absolute Gasteiger partial charge is 0.375 e. The van der Waals surface area contributed by atoms with Gasteiger partial charge in [0.1, 0.15) is 5.82 Å². The van der Waals surface area contributed by atoms with Gasteiger partial charge in [-0.05, 0) is 53.9 Å². The fourth-order valence-electron chi connectivity index (χ4n) is 1.92. The smallest absolute Gasteiger partial charge is 0.139 e. The number of nitrogens with one attached hydrogen (secondary N) is 1. The van der Waals surface area contributed by atoms with Gasteiger partial charge in [-0.2, -0.15) is 0 Å². The first-order valence-corrected chi connectivity index (χ1v) is 6.32. The van der Waals surface area contributed by atoms with E-state index in [1.165, 1.54) is 6.07 Å². The molecule has 0 radical (unpaired) electrons. The van der Waals surface area contributed by atoms with Crippen LogP contribution in [-0.2, 0) is 6.42 Å². The van der Waals surface area contributed by atoms with E-state index in [-0.39, 0.29) is 11.4 Å². The average molecular weight is 302 g/mol. The summed E-state index contributed by atoms with van der Waals surface area (Å²) in [6.07, 6.45) is 0.732. The Morgan fingerprint density at radius 1 is 1.50 bits per heavy atom. The van der Waals surface area contributed by atoms with Gasteiger partial charge in [-0.1, -0.05) is 12.2 Å². The molecule has 0 saturated heterocycles. The lowest BCUT2D eigenvalue weighted by atomic mass is 9.87. The zero-order valence-electron chi connectivity index (χ0n) is 9.45. The molecule has 16 heavy (non-hydrogen) atoms. The summed E-state index contributed by atoms with van der Waals surface area (Å²) in [6.45, 7) is 5.95. The lowest BCUT2D eigenvalue weighted by Gasteiger charge is -2.35. The minimum absolute atomic E-state index is 0.229. The van der Waals surface area contributed by atoms with Gasteiger partial charge in [0.2, 0.25) is 0 Å². The molecule has 0 aliphatic carbocycles. The molecule has 0 spiro atoms. The molecule has 1 aromatic carbocycles. The lowest BCUT2D eigenvalue weighted by molar-refractivity contribution is 0.617. The maximum absolute atomic E-state index is 13.6. The molecule has 4 heteroatoms. The first-order valence-electron chi connectivity index (χ1n) is 5.12. The van der Waals surface area contributed by atoms with Crippen molar-refractivity contribution in [2.45, 2.75) is 32.7 Å². The molecule has 0 aromatic heterocycles. The van der Waals surface area contributed by atoms with Crippen molar-refractivity contribution >= 4 is 38.7 Å². The van der Waals surface area contributed by atoms with Crippen molar-refractivity contribution < 1.29 is 4.39 Å². The van der Waals surface area contributed by atoms with Crippen molar-refractivity contribution in [1.82, 2.24) is 0 Å². The molecular weight excluding hydrogens is 289 g/mol. The van der Waals surface area contributed by atoms with Crippen LogP contribution in [0, 0.1) is 12.7 Å². The summed E-state index contributed by atoms with van der Waals surface area (Å²) in [7, 11) is 0. The fourth-order valence-corrected chi connectivity index (χ4v) is 2.47. The molecule has 2 rings (SSSR count). The normalized spacial score (nSPS) is 17.9. The number of thiocarbonyl (C=S) groups is 1. The monoisotopic (exact) mass is 301 g/mol. The van der Waals surface area contributed by atoms with Gasteiger partial charge in [0.15, 0.2) is 0 Å². The van der Waals surface area contributed by atoms with E-state index in [1.807, 2.05) is 20.8 Å². The Bertz CT molecular complexity index is 482. The van der Waals surface area contributed by atoms with Crippen LogP contribution in [0.1, 0.15) is 25.0 Å². The number of fused-ring (bicyclic) bond motifs is 1. The Morgan fingerprint density at radius 2 is 2.12 bits per heavy atom. The molecular formula is C12H13BrFNS. The summed E-state index contributed by atoms with van der Waals surface area (Å²) in [4.78, 5) is 0.960. The standard InChI is InChI=1S/C12H13BrFNS/c1-6-7-4-10(16)12(2,3)15-9(7)5-8(14)11(6)13/h5,15H,4H2,1-3H3. The predicted octanol–water partition coefficient (Wildman–Crippen LogP) is 4.01. The van der Waals surface area contributed by atoms with E-state index in [2.05, 4.69) is 21.2 Å². The fraction of sp³-hybridized carbons (Fsp3) is 0.417. The van der Waals surface area contributed by atoms with Gasteiger partial charge in [0, 0.05) is 17.0 Å². The highest BCUT2D eigenvalue weighted by Gasteiger charge is 2.31. The number of hydrogen-bond acceptors (Lipinski definition) is 2. The highest BCUT2D eigenvalue weighted by molar-refractivity contribution is 9.10. The zero-order chi connectivity index (χ0) is 12.1. The molecule has 86 valence electrons. The van der Waals surface area contributed by atoms with Crippen LogP contribution in [0.3, 0.4) is 0 Å². The highest BCUT2D eigenvalue weighted by Crippen LogP contribution is 2.36. The Labute approximate surface area is 109 Å². The molecule has 1 nitrogen and oxygen atoms in total. The van der Waals surface area contributed by atoms with Crippen LogP contribution in [0.25, 0.3) is 0 Å². The molecule has 1 heterocycles. The SMILES string of the molecule is Cc1c(Br)c(F)cc2c1CC(=S)C(C)(C)N2. The first-order chi connectivity index (χ1) is 7.33. The third-order valence-electron chi connectivity index (χ3n) is 3.07. The molecule has 0 atom stereocenters. The zero-order valence-corrected chi connectivity index (χ0v) is 11.9. The summed E-state index contributed by atoms with van der Waals surface area (Å²) in [5.41, 5.74) is 2.64. The molecule has 0 saturated carbocycles. The lowest BCUT2D eigenvalue weighted by Crippen LogP contribution is -2.43. The molecule has 0 bridgehead atoms. The molecule has 1 N–H and O–H groups in total. The number of benzene rings is 1. The van der Waals surface area contributed by atoms with Crippen molar-refractivity contribution in [2.24, 2.45) is 0 Å². The summed E-state index contributed by atoms with van der Waals surface area (Å²) < 4.78 is 14.1. The maximum atomic E-state index is 13.6. The van der Waals surface area contributed by atoms with E-state index in [9.17, 15) is 4.39 Å². The molecule has 1 aromatic rings. The summed E-state index contributed by atoms with van der Waals surface area (Å²) in [5.74, 6) is -0.229. The number of halogens is 2. The molecule has 1 aliphatic rings. The second-order valence-electron chi connectivity index (χ2n) is 4.67. The Kier molecular flexibility index (Phi) is 2.83. The average Bonchev–Trinajstić information content (AvgIpc) is 2.18. The molecule has 1 aliphatic heterocycles. The van der Waals surface area contributed by atoms with Gasteiger partial charge in [-0.3, -0.25) is 0 Å². The van der Waals surface area contributed by atoms with Gasteiger partial charge in [-0.15, -0.1) is 0 Å². The third-order valence-corrected chi connectivity index (χ3v) is 4.70. The number of anilines is 1.